The van der Waals surface area contributed by atoms with Crippen molar-refractivity contribution >= 4 is 28.2 Å². The number of nitrogens with zero attached hydrogens (tertiary/aromatic N) is 5. The molecule has 1 fully saturated rings. The molecule has 0 amide bonds. The Kier molecular flexibility index (Phi) is 4.74. The van der Waals surface area contributed by atoms with Crippen LogP contribution in [0.2, 0.25) is 0 Å². The molecular formula is C25H24FN5. The second kappa shape index (κ2) is 7.59. The molecule has 3 heterocycles. The van der Waals surface area contributed by atoms with E-state index in [1.165, 1.54) is 11.6 Å². The number of piperazine rings is 1. The lowest BCUT2D eigenvalue weighted by Gasteiger charge is -2.38. The third kappa shape index (κ3) is 3.00. The summed E-state index contributed by atoms with van der Waals surface area (Å²) in [5.41, 5.74) is 6.08. The first-order valence-corrected chi connectivity index (χ1v) is 10.7. The van der Waals surface area contributed by atoms with E-state index in [0.717, 1.165) is 55.0 Å². The number of hydrogen-bond acceptors (Lipinski definition) is 4. The Morgan fingerprint density at radius 2 is 1.68 bits per heavy atom. The minimum atomic E-state index is -0.178. The summed E-state index contributed by atoms with van der Waals surface area (Å²) < 4.78 is 16.4. The Morgan fingerprint density at radius 1 is 1.00 bits per heavy atom. The van der Waals surface area contributed by atoms with E-state index >= 15 is 0 Å². The summed E-state index contributed by atoms with van der Waals surface area (Å²) in [6, 6.07) is 17.4. The molecule has 1 aliphatic rings. The lowest BCUT2D eigenvalue weighted by Crippen LogP contribution is -2.47. The van der Waals surface area contributed by atoms with Crippen molar-refractivity contribution in [1.29, 1.82) is 5.26 Å². The van der Waals surface area contributed by atoms with Gasteiger partial charge in [0.1, 0.15) is 17.7 Å². The van der Waals surface area contributed by atoms with Crippen LogP contribution in [0.25, 0.3) is 16.7 Å². The number of rotatable bonds is 3. The van der Waals surface area contributed by atoms with Crippen molar-refractivity contribution in [1.82, 2.24) is 9.38 Å². The number of fused-ring (bicyclic) bond motifs is 3. The summed E-state index contributed by atoms with van der Waals surface area (Å²) in [5.74, 6) is 0.929. The van der Waals surface area contributed by atoms with Gasteiger partial charge >= 0.3 is 0 Å². The number of hydrogen-bond donors (Lipinski definition) is 0. The molecule has 2 aromatic carbocycles. The van der Waals surface area contributed by atoms with E-state index in [1.807, 2.05) is 37.3 Å². The number of imidazole rings is 1. The highest BCUT2D eigenvalue weighted by molar-refractivity contribution is 5.86. The maximum absolute atomic E-state index is 14.3. The van der Waals surface area contributed by atoms with Crippen LogP contribution in [0.3, 0.4) is 0 Å². The van der Waals surface area contributed by atoms with Gasteiger partial charge in [0.05, 0.1) is 22.3 Å². The monoisotopic (exact) mass is 413 g/mol. The first-order valence-electron chi connectivity index (χ1n) is 10.7. The van der Waals surface area contributed by atoms with E-state index in [0.29, 0.717) is 16.9 Å². The third-order valence-corrected chi connectivity index (χ3v) is 6.33. The summed E-state index contributed by atoms with van der Waals surface area (Å²) in [6.07, 6.45) is 0.825. The second-order valence-electron chi connectivity index (χ2n) is 7.95. The van der Waals surface area contributed by atoms with Crippen LogP contribution in [0.5, 0.6) is 0 Å². The van der Waals surface area contributed by atoms with Crippen LogP contribution in [-0.4, -0.2) is 35.6 Å². The number of halogens is 1. The maximum atomic E-state index is 14.3. The summed E-state index contributed by atoms with van der Waals surface area (Å²) in [5, 5.41) is 9.89. The Hall–Kier alpha value is -3.59. The number of anilines is 2. The molecule has 156 valence electrons. The van der Waals surface area contributed by atoms with Crippen molar-refractivity contribution in [2.45, 2.75) is 20.3 Å². The largest absolute Gasteiger partial charge is 0.366 e. The summed E-state index contributed by atoms with van der Waals surface area (Å²) >= 11 is 0. The zero-order valence-corrected chi connectivity index (χ0v) is 17.8. The molecule has 0 spiro atoms. The number of nitriles is 1. The van der Waals surface area contributed by atoms with Crippen molar-refractivity contribution in [3.8, 4) is 6.07 Å². The highest BCUT2D eigenvalue weighted by Crippen LogP contribution is 2.34. The van der Waals surface area contributed by atoms with Crippen LogP contribution in [0.1, 0.15) is 23.6 Å². The predicted molar refractivity (Wildman–Crippen MR) is 122 cm³/mol. The molecule has 1 aliphatic heterocycles. The first-order chi connectivity index (χ1) is 15.1. The molecule has 1 saturated heterocycles. The lowest BCUT2D eigenvalue weighted by atomic mass is 10.0. The van der Waals surface area contributed by atoms with Crippen LogP contribution in [0, 0.1) is 24.1 Å². The van der Waals surface area contributed by atoms with E-state index in [4.69, 9.17) is 4.98 Å². The Labute approximate surface area is 180 Å². The number of pyridine rings is 1. The SMILES string of the molecule is CCc1c(C)c(C#N)c2nc3ccccc3n2c1N1CCN(c2ccccc2F)CC1. The fourth-order valence-electron chi connectivity index (χ4n) is 4.79. The highest BCUT2D eigenvalue weighted by atomic mass is 19.1. The molecule has 0 bridgehead atoms. The molecule has 0 radical (unpaired) electrons. The molecule has 0 atom stereocenters. The molecular weight excluding hydrogens is 389 g/mol. The van der Waals surface area contributed by atoms with Crippen LogP contribution in [-0.2, 0) is 6.42 Å². The van der Waals surface area contributed by atoms with Gasteiger partial charge in [0, 0.05) is 26.2 Å². The fraction of sp³-hybridized carbons (Fsp3) is 0.280. The van der Waals surface area contributed by atoms with Gasteiger partial charge < -0.3 is 9.80 Å². The molecule has 6 heteroatoms. The molecule has 0 N–H and O–H groups in total. The van der Waals surface area contributed by atoms with E-state index < -0.39 is 0 Å². The summed E-state index contributed by atoms with van der Waals surface area (Å²) in [4.78, 5) is 9.28. The number of aromatic nitrogens is 2. The highest BCUT2D eigenvalue weighted by Gasteiger charge is 2.26. The molecule has 0 unspecified atom stereocenters. The predicted octanol–water partition coefficient (Wildman–Crippen LogP) is 4.70. The van der Waals surface area contributed by atoms with Crippen molar-refractivity contribution in [2.24, 2.45) is 0 Å². The standard InChI is InChI=1S/C25H24FN5/c1-3-18-17(2)19(16-27)24-28-21-9-5-7-11-23(21)31(24)25(18)30-14-12-29(13-15-30)22-10-6-4-8-20(22)26/h4-11H,3,12-15H2,1-2H3. The minimum absolute atomic E-state index is 0.178. The van der Waals surface area contributed by atoms with E-state index in [9.17, 15) is 9.65 Å². The zero-order chi connectivity index (χ0) is 21.5. The van der Waals surface area contributed by atoms with Gasteiger partial charge in [0.15, 0.2) is 5.65 Å². The van der Waals surface area contributed by atoms with E-state index in [2.05, 4.69) is 33.3 Å². The van der Waals surface area contributed by atoms with Crippen LogP contribution in [0.4, 0.5) is 15.9 Å². The summed E-state index contributed by atoms with van der Waals surface area (Å²) in [6.45, 7) is 7.17. The van der Waals surface area contributed by atoms with Gasteiger partial charge in [-0.25, -0.2) is 9.37 Å². The van der Waals surface area contributed by atoms with Crippen LogP contribution >= 0.6 is 0 Å². The molecule has 0 saturated carbocycles. The average Bonchev–Trinajstić information content (AvgIpc) is 3.18. The van der Waals surface area contributed by atoms with Crippen molar-refractivity contribution in [2.75, 3.05) is 36.0 Å². The van der Waals surface area contributed by atoms with Gasteiger partial charge in [-0.3, -0.25) is 4.40 Å². The van der Waals surface area contributed by atoms with Gasteiger partial charge in [-0.05, 0) is 48.7 Å². The van der Waals surface area contributed by atoms with Crippen molar-refractivity contribution in [3.05, 3.63) is 71.0 Å². The van der Waals surface area contributed by atoms with Crippen molar-refractivity contribution < 1.29 is 4.39 Å². The molecule has 2 aromatic heterocycles. The van der Waals surface area contributed by atoms with Gasteiger partial charge in [-0.1, -0.05) is 31.2 Å². The van der Waals surface area contributed by atoms with Gasteiger partial charge in [-0.15, -0.1) is 0 Å². The smallest absolute Gasteiger partial charge is 0.157 e. The van der Waals surface area contributed by atoms with Crippen molar-refractivity contribution in [3.63, 3.8) is 0 Å². The fourth-order valence-corrected chi connectivity index (χ4v) is 4.79. The van der Waals surface area contributed by atoms with E-state index in [1.54, 1.807) is 6.07 Å². The first kappa shape index (κ1) is 19.4. The topological polar surface area (TPSA) is 47.6 Å². The zero-order valence-electron chi connectivity index (χ0n) is 17.8. The molecule has 0 aliphatic carbocycles. The Balaban J connectivity index is 1.63. The second-order valence-corrected chi connectivity index (χ2v) is 7.95. The van der Waals surface area contributed by atoms with Gasteiger partial charge in [-0.2, -0.15) is 5.26 Å². The number of para-hydroxylation sites is 3. The molecule has 31 heavy (non-hydrogen) atoms. The summed E-state index contributed by atoms with van der Waals surface area (Å²) in [7, 11) is 0. The van der Waals surface area contributed by atoms with Crippen LogP contribution < -0.4 is 9.80 Å². The maximum Gasteiger partial charge on any atom is 0.157 e. The Bertz CT molecular complexity index is 1330. The molecule has 4 aromatic rings. The molecule has 5 nitrogen and oxygen atoms in total. The average molecular weight is 414 g/mol. The van der Waals surface area contributed by atoms with Gasteiger partial charge in [0.25, 0.3) is 0 Å². The Morgan fingerprint density at radius 3 is 2.39 bits per heavy atom. The van der Waals surface area contributed by atoms with Crippen LogP contribution in [0.15, 0.2) is 48.5 Å². The lowest BCUT2D eigenvalue weighted by molar-refractivity contribution is 0.595. The normalized spacial score (nSPS) is 14.4. The number of benzene rings is 2. The van der Waals surface area contributed by atoms with Gasteiger partial charge in [0.2, 0.25) is 0 Å². The third-order valence-electron chi connectivity index (χ3n) is 6.33. The van der Waals surface area contributed by atoms with E-state index in [-0.39, 0.29) is 5.82 Å². The molecule has 5 rings (SSSR count). The minimum Gasteiger partial charge on any atom is -0.366 e. The quantitative estimate of drug-likeness (QED) is 0.489.